The summed E-state index contributed by atoms with van der Waals surface area (Å²) in [7, 11) is -0.494. The van der Waals surface area contributed by atoms with Gasteiger partial charge < -0.3 is 14.0 Å². The van der Waals surface area contributed by atoms with Gasteiger partial charge in [-0.3, -0.25) is 4.99 Å². The first kappa shape index (κ1) is 16.2. The molecule has 0 saturated carbocycles. The summed E-state index contributed by atoms with van der Waals surface area (Å²) in [6, 6.07) is -0.613. The first-order valence-corrected chi connectivity index (χ1v) is 7.25. The molecule has 0 radical (unpaired) electrons. The number of carbonyl (C=O) groups excluding carboxylic acids is 1. The van der Waals surface area contributed by atoms with Gasteiger partial charge in [-0.25, -0.2) is 4.79 Å². The second kappa shape index (κ2) is 4.95. The zero-order valence-corrected chi connectivity index (χ0v) is 13.9. The predicted octanol–water partition coefficient (Wildman–Crippen LogP) is 2.34. The van der Waals surface area contributed by atoms with Crippen molar-refractivity contribution in [2.24, 2.45) is 4.99 Å². The number of aliphatic imine (C=N–C) groups is 1. The number of carbonyl (C=O) groups is 1. The first-order valence-electron chi connectivity index (χ1n) is 7.25. The summed E-state index contributed by atoms with van der Waals surface area (Å²) < 4.78 is 17.2. The van der Waals surface area contributed by atoms with Gasteiger partial charge in [0.2, 0.25) is 0 Å². The second-order valence-corrected chi connectivity index (χ2v) is 7.51. The fourth-order valence-corrected chi connectivity index (χ4v) is 2.04. The van der Waals surface area contributed by atoms with Crippen molar-refractivity contribution >= 4 is 19.3 Å². The van der Waals surface area contributed by atoms with E-state index in [0.29, 0.717) is 0 Å². The lowest BCUT2D eigenvalue weighted by Gasteiger charge is -2.32. The lowest BCUT2D eigenvalue weighted by molar-refractivity contribution is -0.154. The summed E-state index contributed by atoms with van der Waals surface area (Å²) in [6.45, 7) is 13.5. The molecule has 0 spiro atoms. The summed E-state index contributed by atoms with van der Waals surface area (Å²) in [5, 5.41) is 0. The Kier molecular flexibility index (Phi) is 3.83. The quantitative estimate of drug-likeness (QED) is 0.579. The molecule has 0 aromatic carbocycles. The van der Waals surface area contributed by atoms with E-state index in [0.717, 1.165) is 5.47 Å². The molecule has 5 nitrogen and oxygen atoms in total. The van der Waals surface area contributed by atoms with Crippen LogP contribution in [0.15, 0.2) is 16.5 Å². The van der Waals surface area contributed by atoms with E-state index in [1.807, 2.05) is 48.5 Å². The third-order valence-electron chi connectivity index (χ3n) is 3.91. The Morgan fingerprint density at radius 3 is 2.24 bits per heavy atom. The van der Waals surface area contributed by atoms with Gasteiger partial charge in [-0.2, -0.15) is 0 Å². The highest BCUT2D eigenvalue weighted by molar-refractivity contribution is 6.60. The van der Waals surface area contributed by atoms with E-state index in [9.17, 15) is 4.79 Å². The maximum Gasteiger partial charge on any atom is 0.496 e. The van der Waals surface area contributed by atoms with Crippen LogP contribution in [0.3, 0.4) is 0 Å². The third kappa shape index (κ3) is 3.38. The highest BCUT2D eigenvalue weighted by Crippen LogP contribution is 2.38. The maximum atomic E-state index is 12.0. The van der Waals surface area contributed by atoms with E-state index in [1.165, 1.54) is 0 Å². The Hall–Kier alpha value is -1.14. The predicted molar refractivity (Wildman–Crippen MR) is 82.3 cm³/mol. The standard InChI is InChI=1S/C15H24BNO4/c1-13(2,3)19-12(18)11-8-10(9-17-11)16-20-14(4,5)15(6,7)21-16/h8-9,11H,1-7H3. The van der Waals surface area contributed by atoms with Gasteiger partial charge in [0.05, 0.1) is 11.2 Å². The molecule has 0 aromatic rings. The number of hydrogen-bond acceptors (Lipinski definition) is 5. The van der Waals surface area contributed by atoms with Crippen LogP contribution >= 0.6 is 0 Å². The van der Waals surface area contributed by atoms with Crippen molar-refractivity contribution in [2.75, 3.05) is 0 Å². The van der Waals surface area contributed by atoms with Crippen LogP contribution in [0.4, 0.5) is 0 Å². The van der Waals surface area contributed by atoms with Gasteiger partial charge in [-0.05, 0) is 60.0 Å². The Bertz CT molecular complexity index is 486. The monoisotopic (exact) mass is 293 g/mol. The minimum atomic E-state index is -0.613. The largest absolute Gasteiger partial charge is 0.496 e. The molecule has 21 heavy (non-hydrogen) atoms. The molecule has 1 atom stereocenters. The normalized spacial score (nSPS) is 26.9. The fourth-order valence-electron chi connectivity index (χ4n) is 2.04. The topological polar surface area (TPSA) is 57.1 Å². The lowest BCUT2D eigenvalue weighted by atomic mass is 9.79. The summed E-state index contributed by atoms with van der Waals surface area (Å²) in [6.07, 6.45) is 3.38. The van der Waals surface area contributed by atoms with Crippen molar-refractivity contribution in [2.45, 2.75) is 71.3 Å². The molecule has 0 aliphatic carbocycles. The van der Waals surface area contributed by atoms with Gasteiger partial charge in [0.25, 0.3) is 0 Å². The zero-order valence-electron chi connectivity index (χ0n) is 13.9. The molecule has 0 aromatic heterocycles. The van der Waals surface area contributed by atoms with Crippen LogP contribution in [-0.2, 0) is 18.8 Å². The van der Waals surface area contributed by atoms with Crippen molar-refractivity contribution in [3.63, 3.8) is 0 Å². The Labute approximate surface area is 126 Å². The molecule has 2 rings (SSSR count). The molecule has 116 valence electrons. The number of allylic oxidation sites excluding steroid dienone is 1. The molecule has 1 saturated heterocycles. The van der Waals surface area contributed by atoms with Crippen molar-refractivity contribution < 1.29 is 18.8 Å². The first-order chi connectivity index (χ1) is 9.41. The SMILES string of the molecule is CC(C)(C)OC(=O)C1C=C(B2OC(C)(C)C(C)(C)O2)C=N1. The van der Waals surface area contributed by atoms with E-state index in [2.05, 4.69) is 4.99 Å². The van der Waals surface area contributed by atoms with E-state index < -0.39 is 30.0 Å². The maximum absolute atomic E-state index is 12.0. The van der Waals surface area contributed by atoms with Crippen molar-refractivity contribution in [3.8, 4) is 0 Å². The number of esters is 1. The molecular weight excluding hydrogens is 269 g/mol. The summed E-state index contributed by atoms with van der Waals surface area (Å²) in [5.74, 6) is -0.356. The molecular formula is C15H24BNO4. The summed E-state index contributed by atoms with van der Waals surface area (Å²) in [4.78, 5) is 16.2. The fraction of sp³-hybridized carbons (Fsp3) is 0.733. The molecule has 0 N–H and O–H groups in total. The van der Waals surface area contributed by atoms with Crippen LogP contribution in [0.5, 0.6) is 0 Å². The van der Waals surface area contributed by atoms with Gasteiger partial charge in [-0.15, -0.1) is 0 Å². The molecule has 2 aliphatic heterocycles. The number of hydrogen-bond donors (Lipinski definition) is 0. The number of nitrogens with zero attached hydrogens (tertiary/aromatic N) is 1. The van der Waals surface area contributed by atoms with Gasteiger partial charge in [0.15, 0.2) is 6.04 Å². The minimum Gasteiger partial charge on any atom is -0.458 e. The summed E-state index contributed by atoms with van der Waals surface area (Å²) >= 11 is 0. The van der Waals surface area contributed by atoms with Crippen LogP contribution in [0, 0.1) is 0 Å². The summed E-state index contributed by atoms with van der Waals surface area (Å²) in [5.41, 5.74) is -0.565. The Morgan fingerprint density at radius 1 is 1.24 bits per heavy atom. The van der Waals surface area contributed by atoms with E-state index in [-0.39, 0.29) is 5.97 Å². The molecule has 2 heterocycles. The smallest absolute Gasteiger partial charge is 0.458 e. The van der Waals surface area contributed by atoms with Crippen molar-refractivity contribution in [1.29, 1.82) is 0 Å². The number of ether oxygens (including phenoxy) is 1. The Morgan fingerprint density at radius 2 is 1.76 bits per heavy atom. The molecule has 1 fully saturated rings. The van der Waals surface area contributed by atoms with Crippen LogP contribution in [-0.4, -0.2) is 42.1 Å². The van der Waals surface area contributed by atoms with Crippen LogP contribution in [0.2, 0.25) is 0 Å². The van der Waals surface area contributed by atoms with E-state index in [1.54, 1.807) is 12.3 Å². The average Bonchev–Trinajstić information content (AvgIpc) is 2.80. The zero-order chi connectivity index (χ0) is 16.1. The molecule has 0 bridgehead atoms. The van der Waals surface area contributed by atoms with Crippen molar-refractivity contribution in [1.82, 2.24) is 0 Å². The number of rotatable bonds is 2. The van der Waals surface area contributed by atoms with E-state index in [4.69, 9.17) is 14.0 Å². The molecule has 1 unspecified atom stereocenters. The van der Waals surface area contributed by atoms with Crippen LogP contribution in [0.25, 0.3) is 0 Å². The minimum absolute atomic E-state index is 0.356. The average molecular weight is 293 g/mol. The molecule has 2 aliphatic rings. The molecule has 0 amide bonds. The van der Waals surface area contributed by atoms with Crippen LogP contribution < -0.4 is 0 Å². The van der Waals surface area contributed by atoms with Gasteiger partial charge in [0, 0.05) is 6.21 Å². The van der Waals surface area contributed by atoms with Gasteiger partial charge in [-0.1, -0.05) is 0 Å². The highest BCUT2D eigenvalue weighted by atomic mass is 16.7. The highest BCUT2D eigenvalue weighted by Gasteiger charge is 2.52. The second-order valence-electron chi connectivity index (χ2n) is 7.51. The van der Waals surface area contributed by atoms with E-state index >= 15 is 0 Å². The Balaban J connectivity index is 2.07. The molecule has 6 heteroatoms. The van der Waals surface area contributed by atoms with Crippen molar-refractivity contribution in [3.05, 3.63) is 11.5 Å². The van der Waals surface area contributed by atoms with Gasteiger partial charge >= 0.3 is 13.1 Å². The van der Waals surface area contributed by atoms with Gasteiger partial charge in [0.1, 0.15) is 5.60 Å². The van der Waals surface area contributed by atoms with Crippen LogP contribution in [0.1, 0.15) is 48.5 Å². The third-order valence-corrected chi connectivity index (χ3v) is 3.91. The lowest BCUT2D eigenvalue weighted by Crippen LogP contribution is -2.41.